The summed E-state index contributed by atoms with van der Waals surface area (Å²) >= 11 is 1.79. The van der Waals surface area contributed by atoms with Crippen LogP contribution in [0.15, 0.2) is 35.2 Å². The molecule has 2 bridgehead atoms. The van der Waals surface area contributed by atoms with E-state index >= 15 is 0 Å². The minimum absolute atomic E-state index is 0. The smallest absolute Gasteiger partial charge is 0.220 e. The largest absolute Gasteiger partial charge is 0.355 e. The van der Waals surface area contributed by atoms with Crippen LogP contribution in [0, 0.1) is 5.92 Å². The number of nitrogens with one attached hydrogen (secondary N) is 2. The normalized spacial score (nSPS) is 26.3. The van der Waals surface area contributed by atoms with E-state index in [0.717, 1.165) is 12.3 Å². The van der Waals surface area contributed by atoms with Crippen LogP contribution in [-0.4, -0.2) is 30.3 Å². The van der Waals surface area contributed by atoms with Gasteiger partial charge in [-0.15, -0.1) is 24.2 Å². The third-order valence-electron chi connectivity index (χ3n) is 4.48. The number of rotatable bonds is 6. The van der Waals surface area contributed by atoms with Crippen LogP contribution < -0.4 is 10.6 Å². The molecule has 3 rings (SSSR count). The molecule has 1 aromatic carbocycles. The van der Waals surface area contributed by atoms with Crippen LogP contribution in [0.4, 0.5) is 0 Å². The Bertz CT molecular complexity index is 459. The molecule has 2 N–H and O–H groups in total. The molecular weight excluding hydrogens is 316 g/mol. The number of piperidine rings is 1. The lowest BCUT2D eigenvalue weighted by atomic mass is 9.89. The monoisotopic (exact) mass is 340 g/mol. The summed E-state index contributed by atoms with van der Waals surface area (Å²) in [6, 6.07) is 11.7. The predicted molar refractivity (Wildman–Crippen MR) is 94.7 cm³/mol. The van der Waals surface area contributed by atoms with E-state index in [1.807, 2.05) is 18.2 Å². The summed E-state index contributed by atoms with van der Waals surface area (Å²) in [5.41, 5.74) is 0. The molecule has 0 aromatic heterocycles. The highest BCUT2D eigenvalue weighted by Gasteiger charge is 2.33. The minimum Gasteiger partial charge on any atom is -0.355 e. The zero-order valence-corrected chi connectivity index (χ0v) is 14.4. The fraction of sp³-hybridized carbons (Fsp3) is 0.588. The predicted octanol–water partition coefficient (Wildman–Crippen LogP) is 3.24. The first kappa shape index (κ1) is 17.6. The number of amides is 1. The second-order valence-corrected chi connectivity index (χ2v) is 7.36. The van der Waals surface area contributed by atoms with Gasteiger partial charge in [0.2, 0.25) is 5.91 Å². The van der Waals surface area contributed by atoms with E-state index in [4.69, 9.17) is 0 Å². The van der Waals surface area contributed by atoms with Gasteiger partial charge in [-0.3, -0.25) is 4.79 Å². The lowest BCUT2D eigenvalue weighted by Crippen LogP contribution is -2.39. The Labute approximate surface area is 143 Å². The summed E-state index contributed by atoms with van der Waals surface area (Å²) in [4.78, 5) is 13.3. The van der Waals surface area contributed by atoms with Crippen LogP contribution in [-0.2, 0) is 4.79 Å². The van der Waals surface area contributed by atoms with Gasteiger partial charge in [0, 0.05) is 35.7 Å². The Morgan fingerprint density at radius 1 is 1.18 bits per heavy atom. The highest BCUT2D eigenvalue weighted by molar-refractivity contribution is 7.99. The molecule has 0 radical (unpaired) electrons. The Kier molecular flexibility index (Phi) is 7.06. The van der Waals surface area contributed by atoms with Gasteiger partial charge in [-0.1, -0.05) is 18.2 Å². The molecule has 0 spiro atoms. The van der Waals surface area contributed by atoms with Crippen molar-refractivity contribution in [1.29, 1.82) is 0 Å². The maximum Gasteiger partial charge on any atom is 0.220 e. The summed E-state index contributed by atoms with van der Waals surface area (Å²) in [7, 11) is 0. The maximum absolute atomic E-state index is 12.0. The number of carbonyl (C=O) groups excluding carboxylic acids is 1. The third kappa shape index (κ3) is 5.18. The second-order valence-electron chi connectivity index (χ2n) is 6.19. The molecule has 2 fully saturated rings. The van der Waals surface area contributed by atoms with Gasteiger partial charge in [0.1, 0.15) is 0 Å². The van der Waals surface area contributed by atoms with Gasteiger partial charge < -0.3 is 10.6 Å². The topological polar surface area (TPSA) is 41.1 Å². The molecule has 1 amide bonds. The molecule has 122 valence electrons. The Morgan fingerprint density at radius 2 is 1.86 bits per heavy atom. The van der Waals surface area contributed by atoms with E-state index in [-0.39, 0.29) is 18.3 Å². The van der Waals surface area contributed by atoms with Crippen molar-refractivity contribution < 1.29 is 4.79 Å². The lowest BCUT2D eigenvalue weighted by Gasteiger charge is -2.28. The zero-order chi connectivity index (χ0) is 14.5. The molecule has 5 heteroatoms. The molecular formula is C17H25ClN2OS. The highest BCUT2D eigenvalue weighted by atomic mass is 35.5. The SMILES string of the molecule is Cl.O=C(CC1CC2CCC(C1)N2)NCCSc1ccccc1. The van der Waals surface area contributed by atoms with Crippen molar-refractivity contribution in [2.45, 2.75) is 49.1 Å². The van der Waals surface area contributed by atoms with Gasteiger partial charge in [0.15, 0.2) is 0 Å². The summed E-state index contributed by atoms with van der Waals surface area (Å²) in [5, 5.41) is 6.70. The van der Waals surface area contributed by atoms with Gasteiger partial charge in [0.05, 0.1) is 0 Å². The van der Waals surface area contributed by atoms with E-state index < -0.39 is 0 Å². The molecule has 22 heavy (non-hydrogen) atoms. The van der Waals surface area contributed by atoms with Crippen molar-refractivity contribution in [3.05, 3.63) is 30.3 Å². The molecule has 2 saturated heterocycles. The third-order valence-corrected chi connectivity index (χ3v) is 5.49. The number of thioether (sulfide) groups is 1. The molecule has 0 aliphatic carbocycles. The van der Waals surface area contributed by atoms with Gasteiger partial charge in [-0.05, 0) is 43.7 Å². The number of benzene rings is 1. The quantitative estimate of drug-likeness (QED) is 0.617. The molecule has 2 atom stereocenters. The fourth-order valence-corrected chi connectivity index (χ4v) is 4.34. The first-order chi connectivity index (χ1) is 10.3. The van der Waals surface area contributed by atoms with Crippen LogP contribution in [0.5, 0.6) is 0 Å². The summed E-state index contributed by atoms with van der Waals surface area (Å²) in [6.45, 7) is 0.760. The molecule has 2 heterocycles. The average molecular weight is 341 g/mol. The first-order valence-corrected chi connectivity index (χ1v) is 8.99. The molecule has 3 nitrogen and oxygen atoms in total. The minimum atomic E-state index is 0. The van der Waals surface area contributed by atoms with Crippen molar-refractivity contribution in [3.8, 4) is 0 Å². The summed E-state index contributed by atoms with van der Waals surface area (Å²) < 4.78 is 0. The number of hydrogen-bond acceptors (Lipinski definition) is 3. The standard InChI is InChI=1S/C17H24N2OS.ClH/c20-17(12-13-10-14-6-7-15(11-13)19-14)18-8-9-21-16-4-2-1-3-5-16;/h1-5,13-15,19H,6-12H2,(H,18,20);1H. The number of fused-ring (bicyclic) bond motifs is 2. The van der Waals surface area contributed by atoms with Crippen LogP contribution in [0.3, 0.4) is 0 Å². The van der Waals surface area contributed by atoms with Crippen molar-refractivity contribution in [2.75, 3.05) is 12.3 Å². The van der Waals surface area contributed by atoms with Crippen molar-refractivity contribution in [3.63, 3.8) is 0 Å². The van der Waals surface area contributed by atoms with Gasteiger partial charge in [-0.2, -0.15) is 0 Å². The Morgan fingerprint density at radius 3 is 2.55 bits per heavy atom. The maximum atomic E-state index is 12.0. The van der Waals surface area contributed by atoms with Crippen LogP contribution in [0.2, 0.25) is 0 Å². The average Bonchev–Trinajstić information content (AvgIpc) is 2.84. The summed E-state index contributed by atoms with van der Waals surface area (Å²) in [5.74, 6) is 1.76. The van der Waals surface area contributed by atoms with Crippen LogP contribution in [0.1, 0.15) is 32.1 Å². The second kappa shape index (κ2) is 8.80. The summed E-state index contributed by atoms with van der Waals surface area (Å²) in [6.07, 6.45) is 5.68. The van der Waals surface area contributed by atoms with Crippen molar-refractivity contribution >= 4 is 30.1 Å². The number of carbonyl (C=O) groups is 1. The van der Waals surface area contributed by atoms with Crippen molar-refractivity contribution in [2.24, 2.45) is 5.92 Å². The molecule has 1 aromatic rings. The van der Waals surface area contributed by atoms with E-state index in [2.05, 4.69) is 22.8 Å². The Hall–Kier alpha value is -0.710. The fourth-order valence-electron chi connectivity index (χ4n) is 3.55. The van der Waals surface area contributed by atoms with E-state index in [1.54, 1.807) is 11.8 Å². The molecule has 2 aliphatic heterocycles. The van der Waals surface area contributed by atoms with Crippen LogP contribution >= 0.6 is 24.2 Å². The Balaban J connectivity index is 0.00000176. The van der Waals surface area contributed by atoms with Gasteiger partial charge in [0.25, 0.3) is 0 Å². The number of halogens is 1. The van der Waals surface area contributed by atoms with E-state index in [1.165, 1.54) is 30.6 Å². The number of hydrogen-bond donors (Lipinski definition) is 2. The molecule has 2 aliphatic rings. The molecule has 2 unspecified atom stereocenters. The van der Waals surface area contributed by atoms with Gasteiger partial charge in [-0.25, -0.2) is 0 Å². The molecule has 0 saturated carbocycles. The van der Waals surface area contributed by atoms with E-state index in [9.17, 15) is 4.79 Å². The van der Waals surface area contributed by atoms with Crippen LogP contribution in [0.25, 0.3) is 0 Å². The van der Waals surface area contributed by atoms with E-state index in [0.29, 0.717) is 24.4 Å². The lowest BCUT2D eigenvalue weighted by molar-refractivity contribution is -0.122. The van der Waals surface area contributed by atoms with Gasteiger partial charge >= 0.3 is 0 Å². The highest BCUT2D eigenvalue weighted by Crippen LogP contribution is 2.32. The first-order valence-electron chi connectivity index (χ1n) is 8.00. The van der Waals surface area contributed by atoms with Crippen molar-refractivity contribution in [1.82, 2.24) is 10.6 Å². The zero-order valence-electron chi connectivity index (χ0n) is 12.8.